The van der Waals surface area contributed by atoms with Crippen molar-refractivity contribution in [2.24, 2.45) is 0 Å². The second-order valence-electron chi connectivity index (χ2n) is 5.87. The molecule has 0 saturated carbocycles. The highest BCUT2D eigenvalue weighted by molar-refractivity contribution is 5.76. The molecular weight excluding hydrogens is 274 g/mol. The first-order valence-corrected chi connectivity index (χ1v) is 7.43. The van der Waals surface area contributed by atoms with Crippen LogP contribution in [0.25, 0.3) is 0 Å². The van der Waals surface area contributed by atoms with Crippen molar-refractivity contribution >= 4 is 5.91 Å². The lowest BCUT2D eigenvalue weighted by atomic mass is 10.1. The second kappa shape index (κ2) is 6.98. The fourth-order valence-corrected chi connectivity index (χ4v) is 2.83. The van der Waals surface area contributed by atoms with Gasteiger partial charge in [-0.2, -0.15) is 0 Å². The van der Waals surface area contributed by atoms with E-state index in [1.807, 2.05) is 4.90 Å². The van der Waals surface area contributed by atoms with Crippen LogP contribution in [0.15, 0.2) is 18.2 Å². The predicted octanol–water partition coefficient (Wildman–Crippen LogP) is 2.50. The molecule has 5 heteroatoms. The predicted molar refractivity (Wildman–Crippen MR) is 77.9 cm³/mol. The fraction of sp³-hybridized carbons (Fsp3) is 0.562. The first-order valence-electron chi connectivity index (χ1n) is 7.43. The minimum atomic E-state index is -0.835. The van der Waals surface area contributed by atoms with E-state index in [4.69, 9.17) is 0 Å². The van der Waals surface area contributed by atoms with Crippen molar-refractivity contribution in [2.45, 2.75) is 45.2 Å². The van der Waals surface area contributed by atoms with E-state index in [1.54, 1.807) is 6.07 Å². The van der Waals surface area contributed by atoms with Gasteiger partial charge in [-0.25, -0.2) is 8.78 Å². The second-order valence-corrected chi connectivity index (χ2v) is 5.87. The van der Waals surface area contributed by atoms with Gasteiger partial charge in [0.15, 0.2) is 11.6 Å². The van der Waals surface area contributed by atoms with E-state index in [1.165, 1.54) is 6.07 Å². The van der Waals surface area contributed by atoms with Crippen LogP contribution in [0.5, 0.6) is 0 Å². The maximum atomic E-state index is 13.1. The van der Waals surface area contributed by atoms with E-state index in [0.717, 1.165) is 24.7 Å². The molecule has 0 bridgehead atoms. The van der Waals surface area contributed by atoms with Crippen molar-refractivity contribution in [3.63, 3.8) is 0 Å². The monoisotopic (exact) mass is 296 g/mol. The number of halogens is 2. The highest BCUT2D eigenvalue weighted by Crippen LogP contribution is 2.13. The minimum Gasteiger partial charge on any atom is -0.340 e. The molecule has 1 aliphatic rings. The van der Waals surface area contributed by atoms with Crippen LogP contribution in [0.4, 0.5) is 8.78 Å². The largest absolute Gasteiger partial charge is 0.340 e. The number of carbonyl (C=O) groups excluding carboxylic acids is 1. The summed E-state index contributed by atoms with van der Waals surface area (Å²) in [7, 11) is 0. The Morgan fingerprint density at radius 2 is 1.90 bits per heavy atom. The number of piperazine rings is 1. The molecule has 2 unspecified atom stereocenters. The van der Waals surface area contributed by atoms with Gasteiger partial charge in [-0.15, -0.1) is 0 Å². The molecule has 2 rings (SSSR count). The maximum Gasteiger partial charge on any atom is 0.222 e. The number of nitrogens with zero attached hydrogens (tertiary/aromatic N) is 1. The summed E-state index contributed by atoms with van der Waals surface area (Å²) in [5.74, 6) is -1.53. The van der Waals surface area contributed by atoms with Crippen LogP contribution in [-0.2, 0) is 11.2 Å². The third-order valence-corrected chi connectivity index (χ3v) is 3.75. The Labute approximate surface area is 124 Å². The van der Waals surface area contributed by atoms with E-state index >= 15 is 0 Å². The molecule has 116 valence electrons. The molecule has 3 nitrogen and oxygen atoms in total. The zero-order chi connectivity index (χ0) is 15.4. The Morgan fingerprint density at radius 3 is 2.52 bits per heavy atom. The summed E-state index contributed by atoms with van der Waals surface area (Å²) in [6, 6.07) is 4.52. The Morgan fingerprint density at radius 1 is 1.24 bits per heavy atom. The highest BCUT2D eigenvalue weighted by atomic mass is 19.2. The molecule has 1 N–H and O–H groups in total. The van der Waals surface area contributed by atoms with Crippen molar-refractivity contribution in [3.8, 4) is 0 Å². The lowest BCUT2D eigenvalue weighted by molar-refractivity contribution is -0.133. The van der Waals surface area contributed by atoms with Crippen LogP contribution in [0.3, 0.4) is 0 Å². The molecule has 0 spiro atoms. The standard InChI is InChI=1S/C16H22F2N2O/c1-11-9-20(10-12(2)19-11)16(21)5-3-4-13-6-7-14(17)15(18)8-13/h6-8,11-12,19H,3-5,9-10H2,1-2H3. The average Bonchev–Trinajstić information content (AvgIpc) is 2.41. The van der Waals surface area contributed by atoms with Gasteiger partial charge in [0.25, 0.3) is 0 Å². The number of benzene rings is 1. The van der Waals surface area contributed by atoms with Crippen LogP contribution in [0.1, 0.15) is 32.3 Å². The normalized spacial score (nSPS) is 22.4. The zero-order valence-corrected chi connectivity index (χ0v) is 12.5. The quantitative estimate of drug-likeness (QED) is 0.926. The van der Waals surface area contributed by atoms with Crippen molar-refractivity contribution in [3.05, 3.63) is 35.4 Å². The SMILES string of the molecule is CC1CN(C(=O)CCCc2ccc(F)c(F)c2)CC(C)N1. The molecule has 1 fully saturated rings. The smallest absolute Gasteiger partial charge is 0.222 e. The van der Waals surface area contributed by atoms with Gasteiger partial charge < -0.3 is 10.2 Å². The van der Waals surface area contributed by atoms with Crippen molar-refractivity contribution in [1.82, 2.24) is 10.2 Å². The summed E-state index contributed by atoms with van der Waals surface area (Å²) >= 11 is 0. The van der Waals surface area contributed by atoms with E-state index in [0.29, 0.717) is 31.3 Å². The molecule has 0 radical (unpaired) electrons. The molecule has 0 aromatic heterocycles. The number of aryl methyl sites for hydroxylation is 1. The van der Waals surface area contributed by atoms with Crippen LogP contribution >= 0.6 is 0 Å². The summed E-state index contributed by atoms with van der Waals surface area (Å²) in [4.78, 5) is 14.1. The van der Waals surface area contributed by atoms with Crippen LogP contribution in [-0.4, -0.2) is 36.0 Å². The molecule has 1 heterocycles. The lowest BCUT2D eigenvalue weighted by Gasteiger charge is -2.36. The minimum absolute atomic E-state index is 0.137. The number of nitrogens with one attached hydrogen (secondary N) is 1. The maximum absolute atomic E-state index is 13.1. The van der Waals surface area contributed by atoms with E-state index in [2.05, 4.69) is 19.2 Å². The van der Waals surface area contributed by atoms with E-state index in [-0.39, 0.29) is 5.91 Å². The van der Waals surface area contributed by atoms with Crippen LogP contribution in [0.2, 0.25) is 0 Å². The molecule has 1 aromatic rings. The summed E-state index contributed by atoms with van der Waals surface area (Å²) in [6.07, 6.45) is 1.68. The molecule has 1 aromatic carbocycles. The Kier molecular flexibility index (Phi) is 5.28. The summed E-state index contributed by atoms with van der Waals surface area (Å²) in [6.45, 7) is 5.59. The van der Waals surface area contributed by atoms with Gasteiger partial charge >= 0.3 is 0 Å². The fourth-order valence-electron chi connectivity index (χ4n) is 2.83. The number of carbonyl (C=O) groups is 1. The molecule has 2 atom stereocenters. The average molecular weight is 296 g/mol. The third kappa shape index (κ3) is 4.49. The molecule has 1 saturated heterocycles. The number of amides is 1. The number of hydrogen-bond donors (Lipinski definition) is 1. The summed E-state index contributed by atoms with van der Waals surface area (Å²) in [5.41, 5.74) is 0.726. The van der Waals surface area contributed by atoms with Crippen LogP contribution < -0.4 is 5.32 Å². The van der Waals surface area contributed by atoms with Gasteiger partial charge in [-0.1, -0.05) is 6.07 Å². The molecular formula is C16H22F2N2O. The van der Waals surface area contributed by atoms with Crippen LogP contribution in [0, 0.1) is 11.6 Å². The zero-order valence-electron chi connectivity index (χ0n) is 12.5. The third-order valence-electron chi connectivity index (χ3n) is 3.75. The lowest BCUT2D eigenvalue weighted by Crippen LogP contribution is -2.55. The van der Waals surface area contributed by atoms with Gasteiger partial charge in [-0.3, -0.25) is 4.79 Å². The Hall–Kier alpha value is -1.49. The van der Waals surface area contributed by atoms with Gasteiger partial charge in [0, 0.05) is 31.6 Å². The molecule has 0 aliphatic carbocycles. The van der Waals surface area contributed by atoms with Gasteiger partial charge in [-0.05, 0) is 44.4 Å². The van der Waals surface area contributed by atoms with Gasteiger partial charge in [0.2, 0.25) is 5.91 Å². The summed E-state index contributed by atoms with van der Waals surface area (Å²) < 4.78 is 25.9. The van der Waals surface area contributed by atoms with Crippen molar-refractivity contribution in [2.75, 3.05) is 13.1 Å². The van der Waals surface area contributed by atoms with Gasteiger partial charge in [0.05, 0.1) is 0 Å². The van der Waals surface area contributed by atoms with Crippen molar-refractivity contribution < 1.29 is 13.6 Å². The Balaban J connectivity index is 1.80. The Bertz CT molecular complexity index is 497. The van der Waals surface area contributed by atoms with Gasteiger partial charge in [0.1, 0.15) is 0 Å². The topological polar surface area (TPSA) is 32.3 Å². The molecule has 21 heavy (non-hydrogen) atoms. The molecule has 1 amide bonds. The first-order chi connectivity index (χ1) is 9.95. The van der Waals surface area contributed by atoms with Crippen molar-refractivity contribution in [1.29, 1.82) is 0 Å². The highest BCUT2D eigenvalue weighted by Gasteiger charge is 2.24. The number of rotatable bonds is 4. The van der Waals surface area contributed by atoms with E-state index in [9.17, 15) is 13.6 Å². The molecule has 1 aliphatic heterocycles. The van der Waals surface area contributed by atoms with E-state index < -0.39 is 11.6 Å². The number of hydrogen-bond acceptors (Lipinski definition) is 2. The first kappa shape index (κ1) is 15.9. The summed E-state index contributed by atoms with van der Waals surface area (Å²) in [5, 5.41) is 3.39.